The van der Waals surface area contributed by atoms with Crippen LogP contribution in [0.5, 0.6) is 0 Å². The van der Waals surface area contributed by atoms with Crippen molar-refractivity contribution in [3.05, 3.63) is 124 Å². The van der Waals surface area contributed by atoms with Crippen LogP contribution in [-0.2, 0) is 31.0 Å². The number of pyridine rings is 1. The van der Waals surface area contributed by atoms with Gasteiger partial charge in [-0.05, 0) is 60.1 Å². The number of aryl methyl sites for hydroxylation is 1. The van der Waals surface area contributed by atoms with Gasteiger partial charge in [-0.1, -0.05) is 76.2 Å². The van der Waals surface area contributed by atoms with Gasteiger partial charge in [0.05, 0.1) is 39.2 Å². The summed E-state index contributed by atoms with van der Waals surface area (Å²) < 4.78 is 57.2. The van der Waals surface area contributed by atoms with Crippen LogP contribution in [0, 0.1) is 24.0 Å². The number of hydrogen-bond acceptors (Lipinski definition) is 11. The highest BCUT2D eigenvalue weighted by Crippen LogP contribution is 2.32. The number of aromatic nitrogens is 3. The number of aliphatic hydroxyl groups excluding tert-OH is 1. The molecule has 1 aliphatic heterocycles. The third-order valence-corrected chi connectivity index (χ3v) is 14.3. The molecular weight excluding hydrogens is 929 g/mol. The molecule has 4 heterocycles. The van der Waals surface area contributed by atoms with E-state index in [0.717, 1.165) is 33.8 Å². The van der Waals surface area contributed by atoms with E-state index in [9.17, 15) is 41.9 Å². The van der Waals surface area contributed by atoms with Crippen LogP contribution in [0.1, 0.15) is 97.3 Å². The fourth-order valence-corrected chi connectivity index (χ4v) is 10.2. The second-order valence-electron chi connectivity index (χ2n) is 18.2. The number of likely N-dealkylation sites (tertiary alicyclic amines) is 1. The number of H-pyrrole nitrogens is 1. The maximum atomic E-state index is 15.5. The highest BCUT2D eigenvalue weighted by Gasteiger charge is 2.44. The number of hydrogen-bond donors (Lipinski definition) is 5. The van der Waals surface area contributed by atoms with Crippen LogP contribution in [0.25, 0.3) is 32.6 Å². The third-order valence-electron chi connectivity index (χ3n) is 11.9. The van der Waals surface area contributed by atoms with E-state index in [1.54, 1.807) is 74.9 Å². The number of carbonyl (C=O) groups is 5. The molecule has 1 aliphatic rings. The summed E-state index contributed by atoms with van der Waals surface area (Å²) in [5.74, 6) is -5.46. The molecule has 3 aromatic heterocycles. The maximum absolute atomic E-state index is 15.5. The number of anilines is 1. The fraction of sp³-hybridized carbons (Fsp3) is 0.340. The molecule has 1 unspecified atom stereocenters. The van der Waals surface area contributed by atoms with Crippen LogP contribution < -0.4 is 15.4 Å². The predicted octanol–water partition coefficient (Wildman–Crippen LogP) is 7.48. The molecule has 1 fully saturated rings. The average Bonchev–Trinajstić information content (AvgIpc) is 4.05. The zero-order valence-electron chi connectivity index (χ0n) is 38.7. The van der Waals surface area contributed by atoms with Gasteiger partial charge in [0.2, 0.25) is 33.5 Å². The number of thiazole rings is 1. The standard InChI is InChI=1S/C50H53F2N7O8S2/c1-6-20-69(66,67)58-38-19-18-37(51)42(43(38)52)44(63)36-25-54-47-35(36)21-33(24-53-47)30-14-16-31(17-15-30)40(61)8-7-9-41(62)57-46(50(3,4)5)49(65)59-26-34(60)22-39(59)48(64)55-23-29-10-12-32(13-11-29)45-28(2)56-27-68-45/h10-19,21,24-25,27,34,39,46,58,60H,6-9,20,22-23,26H2,1-5H3,(H,53,54)(H,55,64)(H,57,62)/t34-,39+,46?/m1/s1. The van der Waals surface area contributed by atoms with Gasteiger partial charge in [0.25, 0.3) is 0 Å². The summed E-state index contributed by atoms with van der Waals surface area (Å²) in [6.45, 7) is 9.09. The molecule has 0 bridgehead atoms. The lowest BCUT2D eigenvalue weighted by Gasteiger charge is -2.35. The molecule has 3 amide bonds. The quantitative estimate of drug-likeness (QED) is 0.0535. The van der Waals surface area contributed by atoms with Gasteiger partial charge in [-0.2, -0.15) is 0 Å². The van der Waals surface area contributed by atoms with E-state index in [1.165, 1.54) is 17.3 Å². The van der Waals surface area contributed by atoms with Crippen LogP contribution in [0.15, 0.2) is 84.6 Å². The molecule has 0 radical (unpaired) electrons. The number of fused-ring (bicyclic) bond motifs is 1. The Labute approximate surface area is 402 Å². The molecule has 1 saturated heterocycles. The first-order valence-corrected chi connectivity index (χ1v) is 25.0. The first-order chi connectivity index (χ1) is 32.7. The highest BCUT2D eigenvalue weighted by molar-refractivity contribution is 7.92. The number of halogens is 2. The van der Waals surface area contributed by atoms with Crippen molar-refractivity contribution >= 4 is 67.4 Å². The van der Waals surface area contributed by atoms with E-state index >= 15 is 4.39 Å². The molecule has 69 heavy (non-hydrogen) atoms. The lowest BCUT2D eigenvalue weighted by Crippen LogP contribution is -2.57. The number of aliphatic hydroxyl groups is 1. The van der Waals surface area contributed by atoms with Gasteiger partial charge in [-0.3, -0.25) is 28.7 Å². The number of sulfonamides is 1. The van der Waals surface area contributed by atoms with E-state index in [1.807, 2.05) is 31.2 Å². The number of Topliss-reactive ketones (excluding diaryl/α,β-unsaturated/α-hetero) is 1. The molecule has 362 valence electrons. The van der Waals surface area contributed by atoms with Gasteiger partial charge in [0, 0.05) is 66.8 Å². The van der Waals surface area contributed by atoms with E-state index < -0.39 is 80.0 Å². The van der Waals surface area contributed by atoms with Crippen molar-refractivity contribution in [1.82, 2.24) is 30.5 Å². The minimum atomic E-state index is -3.94. The zero-order valence-corrected chi connectivity index (χ0v) is 40.3. The molecule has 5 N–H and O–H groups in total. The van der Waals surface area contributed by atoms with Gasteiger partial charge in [-0.25, -0.2) is 27.2 Å². The summed E-state index contributed by atoms with van der Waals surface area (Å²) in [6, 6.07) is 15.7. The van der Waals surface area contributed by atoms with Crippen LogP contribution in [-0.4, -0.2) is 93.1 Å². The van der Waals surface area contributed by atoms with Gasteiger partial charge in [0.1, 0.15) is 23.5 Å². The van der Waals surface area contributed by atoms with Crippen molar-refractivity contribution in [3.8, 4) is 21.6 Å². The average molecular weight is 982 g/mol. The highest BCUT2D eigenvalue weighted by atomic mass is 32.2. The Morgan fingerprint density at radius 2 is 1.67 bits per heavy atom. The molecule has 0 saturated carbocycles. The molecule has 15 nitrogen and oxygen atoms in total. The summed E-state index contributed by atoms with van der Waals surface area (Å²) in [4.78, 5) is 81.6. The number of carbonyl (C=O) groups excluding carboxylic acids is 5. The number of nitrogens with zero attached hydrogens (tertiary/aromatic N) is 3. The van der Waals surface area contributed by atoms with Crippen molar-refractivity contribution in [3.63, 3.8) is 0 Å². The van der Waals surface area contributed by atoms with Gasteiger partial charge >= 0.3 is 0 Å². The smallest absolute Gasteiger partial charge is 0.246 e. The summed E-state index contributed by atoms with van der Waals surface area (Å²) in [5, 5.41) is 16.6. The monoisotopic (exact) mass is 981 g/mol. The Balaban J connectivity index is 0.941. The summed E-state index contributed by atoms with van der Waals surface area (Å²) in [6.07, 6.45) is 2.30. The molecule has 6 aromatic rings. The van der Waals surface area contributed by atoms with Crippen molar-refractivity contribution in [2.75, 3.05) is 17.0 Å². The van der Waals surface area contributed by atoms with Gasteiger partial charge in [-0.15, -0.1) is 11.3 Å². The van der Waals surface area contributed by atoms with E-state index in [0.29, 0.717) is 16.7 Å². The SMILES string of the molecule is CCCS(=O)(=O)Nc1ccc(F)c(C(=O)c2c[nH]c3ncc(-c4ccc(C(=O)CCCC(=O)NC(C(=O)N5C[C@H](O)C[C@H]5C(=O)NCc5ccc(-c6scnc6C)cc5)C(C)(C)C)cc4)cc23)c1F. The second kappa shape index (κ2) is 20.9. The zero-order chi connectivity index (χ0) is 49.8. The number of benzene rings is 3. The van der Waals surface area contributed by atoms with Gasteiger partial charge in [0.15, 0.2) is 11.6 Å². The molecular formula is C50H53F2N7O8S2. The third kappa shape index (κ3) is 11.6. The number of ketones is 2. The van der Waals surface area contributed by atoms with E-state index in [4.69, 9.17) is 0 Å². The van der Waals surface area contributed by atoms with Gasteiger partial charge < -0.3 is 25.6 Å². The largest absolute Gasteiger partial charge is 0.391 e. The molecule has 3 atom stereocenters. The molecule has 0 spiro atoms. The van der Waals surface area contributed by atoms with E-state index in [2.05, 4.69) is 30.3 Å². The first-order valence-electron chi connectivity index (χ1n) is 22.4. The maximum Gasteiger partial charge on any atom is 0.246 e. The number of nitrogens with one attached hydrogen (secondary N) is 4. The number of β-amino-alcohol motifs (C(OH)–C–C–N with tert-alkyl or cyclic N) is 1. The summed E-state index contributed by atoms with van der Waals surface area (Å²) in [5.41, 5.74) is 4.01. The summed E-state index contributed by atoms with van der Waals surface area (Å²) >= 11 is 1.55. The minimum Gasteiger partial charge on any atom is -0.391 e. The van der Waals surface area contributed by atoms with Crippen LogP contribution in [0.2, 0.25) is 0 Å². The minimum absolute atomic E-state index is 0.0196. The van der Waals surface area contributed by atoms with Crippen molar-refractivity contribution in [1.29, 1.82) is 0 Å². The number of aromatic amines is 1. The molecule has 7 rings (SSSR count). The number of amides is 3. The first kappa shape index (κ1) is 50.2. The Morgan fingerprint density at radius 3 is 2.33 bits per heavy atom. The van der Waals surface area contributed by atoms with Crippen molar-refractivity contribution in [2.45, 2.75) is 91.5 Å². The lowest BCUT2D eigenvalue weighted by atomic mass is 9.85. The Kier molecular flexibility index (Phi) is 15.2. The molecule has 3 aromatic carbocycles. The van der Waals surface area contributed by atoms with Crippen molar-refractivity contribution in [2.24, 2.45) is 5.41 Å². The fourth-order valence-electron chi connectivity index (χ4n) is 8.23. The normalized spacial score (nSPS) is 15.5. The Bertz CT molecular complexity index is 3020. The summed E-state index contributed by atoms with van der Waals surface area (Å²) in [7, 11) is -3.94. The van der Waals surface area contributed by atoms with Crippen LogP contribution in [0.3, 0.4) is 0 Å². The van der Waals surface area contributed by atoms with Crippen molar-refractivity contribution < 1.29 is 46.3 Å². The predicted molar refractivity (Wildman–Crippen MR) is 259 cm³/mol. The number of rotatable bonds is 18. The van der Waals surface area contributed by atoms with Crippen LogP contribution in [0.4, 0.5) is 14.5 Å². The van der Waals surface area contributed by atoms with E-state index in [-0.39, 0.29) is 73.3 Å². The Hall–Kier alpha value is -6.70. The Morgan fingerprint density at radius 1 is 0.957 bits per heavy atom. The van der Waals surface area contributed by atoms with Crippen LogP contribution >= 0.6 is 11.3 Å². The molecule has 0 aliphatic carbocycles. The topological polar surface area (TPSA) is 221 Å². The second-order valence-corrected chi connectivity index (χ2v) is 20.9. The lowest BCUT2D eigenvalue weighted by molar-refractivity contribution is -0.144. The molecule has 19 heteroatoms.